The minimum atomic E-state index is -0.882. The summed E-state index contributed by atoms with van der Waals surface area (Å²) in [4.78, 5) is 20.7. The zero-order valence-electron chi connectivity index (χ0n) is 5.26. The van der Waals surface area contributed by atoms with Crippen molar-refractivity contribution in [3.63, 3.8) is 0 Å². The molecule has 3 N–H and O–H groups in total. The van der Waals surface area contributed by atoms with Crippen LogP contribution in [0.5, 0.6) is 0 Å². The van der Waals surface area contributed by atoms with Gasteiger partial charge in [0.15, 0.2) is 0 Å². The van der Waals surface area contributed by atoms with Gasteiger partial charge in [0.2, 0.25) is 0 Å². The van der Waals surface area contributed by atoms with Crippen LogP contribution in [0.15, 0.2) is 0 Å². The molecule has 0 atom stereocenters. The minimum absolute atomic E-state index is 0.223. The summed E-state index contributed by atoms with van der Waals surface area (Å²) in [5.74, 6) is -1.37. The molecule has 0 aromatic heterocycles. The van der Waals surface area contributed by atoms with E-state index < -0.39 is 11.9 Å². The van der Waals surface area contributed by atoms with E-state index in [9.17, 15) is 9.59 Å². The van der Waals surface area contributed by atoms with E-state index in [-0.39, 0.29) is 19.1 Å². The maximum Gasteiger partial charge on any atom is 0.314 e. The van der Waals surface area contributed by atoms with E-state index in [2.05, 4.69) is 10.6 Å². The summed E-state index contributed by atoms with van der Waals surface area (Å²) in [6, 6.07) is -0.294. The first kappa shape index (κ1) is 6.85. The van der Waals surface area contributed by atoms with Gasteiger partial charge in [0.1, 0.15) is 0 Å². The zero-order valence-corrected chi connectivity index (χ0v) is 5.26. The van der Waals surface area contributed by atoms with E-state index in [1.807, 2.05) is 0 Å². The predicted molar refractivity (Wildman–Crippen MR) is 32.5 cm³/mol. The SMILES string of the molecule is O=C1NCC(C(=O)O)CN1. The van der Waals surface area contributed by atoms with E-state index in [1.54, 1.807) is 0 Å². The largest absolute Gasteiger partial charge is 0.481 e. The van der Waals surface area contributed by atoms with Crippen LogP contribution >= 0.6 is 0 Å². The predicted octanol–water partition coefficient (Wildman–Crippen LogP) is -1.00. The van der Waals surface area contributed by atoms with Crippen LogP contribution < -0.4 is 10.6 Å². The van der Waals surface area contributed by atoms with Gasteiger partial charge in [-0.2, -0.15) is 0 Å². The Hall–Kier alpha value is -1.26. The number of amides is 2. The number of nitrogens with one attached hydrogen (secondary N) is 2. The second kappa shape index (κ2) is 2.55. The van der Waals surface area contributed by atoms with E-state index in [1.165, 1.54) is 0 Å². The lowest BCUT2D eigenvalue weighted by Gasteiger charge is -2.19. The number of hydrogen-bond donors (Lipinski definition) is 3. The highest BCUT2D eigenvalue weighted by atomic mass is 16.4. The molecule has 2 amide bonds. The normalized spacial score (nSPS) is 19.4. The van der Waals surface area contributed by atoms with Crippen molar-refractivity contribution in [1.82, 2.24) is 10.6 Å². The number of carbonyl (C=O) groups is 2. The maximum atomic E-state index is 10.4. The number of carboxylic acid groups (broad SMARTS) is 1. The molecule has 0 radical (unpaired) electrons. The van der Waals surface area contributed by atoms with E-state index in [0.29, 0.717) is 0 Å². The lowest BCUT2D eigenvalue weighted by molar-refractivity contribution is -0.141. The fourth-order valence-electron chi connectivity index (χ4n) is 0.741. The average Bonchev–Trinajstić information content (AvgIpc) is 1.88. The van der Waals surface area contributed by atoms with Gasteiger partial charge in [-0.3, -0.25) is 4.79 Å². The summed E-state index contributed by atoms with van der Waals surface area (Å²) >= 11 is 0. The van der Waals surface area contributed by atoms with Crippen LogP contribution in [0.2, 0.25) is 0 Å². The molecule has 1 aliphatic heterocycles. The molecule has 0 bridgehead atoms. The molecule has 1 heterocycles. The van der Waals surface area contributed by atoms with Crippen molar-refractivity contribution in [1.29, 1.82) is 0 Å². The Bertz CT molecular complexity index is 158. The van der Waals surface area contributed by atoms with Crippen molar-refractivity contribution >= 4 is 12.0 Å². The molecular formula is C5H8N2O3. The van der Waals surface area contributed by atoms with Crippen LogP contribution in [0, 0.1) is 5.92 Å². The van der Waals surface area contributed by atoms with Crippen LogP contribution in [0.25, 0.3) is 0 Å². The van der Waals surface area contributed by atoms with Gasteiger partial charge in [-0.05, 0) is 0 Å². The topological polar surface area (TPSA) is 78.4 Å². The van der Waals surface area contributed by atoms with E-state index >= 15 is 0 Å². The molecule has 10 heavy (non-hydrogen) atoms. The molecule has 1 aliphatic rings. The zero-order chi connectivity index (χ0) is 7.56. The molecule has 0 aromatic rings. The number of carbonyl (C=O) groups excluding carboxylic acids is 1. The highest BCUT2D eigenvalue weighted by molar-refractivity contribution is 5.79. The number of hydrogen-bond acceptors (Lipinski definition) is 2. The highest BCUT2D eigenvalue weighted by Gasteiger charge is 2.22. The summed E-state index contributed by atoms with van der Waals surface area (Å²) in [5.41, 5.74) is 0. The number of carboxylic acids is 1. The van der Waals surface area contributed by atoms with Crippen molar-refractivity contribution in [2.75, 3.05) is 13.1 Å². The summed E-state index contributed by atoms with van der Waals surface area (Å²) in [5, 5.41) is 13.2. The molecule has 0 spiro atoms. The Kier molecular flexibility index (Phi) is 1.75. The van der Waals surface area contributed by atoms with Crippen molar-refractivity contribution in [3.8, 4) is 0 Å². The lowest BCUT2D eigenvalue weighted by Crippen LogP contribution is -2.50. The summed E-state index contributed by atoms with van der Waals surface area (Å²) in [6.45, 7) is 0.447. The van der Waals surface area contributed by atoms with E-state index in [0.717, 1.165) is 0 Å². The molecule has 1 rings (SSSR count). The molecule has 1 fully saturated rings. The van der Waals surface area contributed by atoms with Crippen molar-refractivity contribution in [2.45, 2.75) is 0 Å². The molecule has 5 heteroatoms. The lowest BCUT2D eigenvalue weighted by atomic mass is 10.1. The molecule has 1 saturated heterocycles. The van der Waals surface area contributed by atoms with Crippen molar-refractivity contribution in [3.05, 3.63) is 0 Å². The first-order chi connectivity index (χ1) is 4.70. The Morgan fingerprint density at radius 3 is 2.40 bits per heavy atom. The average molecular weight is 144 g/mol. The molecule has 0 aliphatic carbocycles. The van der Waals surface area contributed by atoms with E-state index in [4.69, 9.17) is 5.11 Å². The fraction of sp³-hybridized carbons (Fsp3) is 0.600. The van der Waals surface area contributed by atoms with Gasteiger partial charge in [0.25, 0.3) is 0 Å². The number of urea groups is 1. The smallest absolute Gasteiger partial charge is 0.314 e. The van der Waals surface area contributed by atoms with Gasteiger partial charge >= 0.3 is 12.0 Å². The van der Waals surface area contributed by atoms with Gasteiger partial charge in [-0.15, -0.1) is 0 Å². The van der Waals surface area contributed by atoms with Crippen LogP contribution in [-0.4, -0.2) is 30.2 Å². The standard InChI is InChI=1S/C5H8N2O3/c8-4(9)3-1-6-5(10)7-2-3/h3H,1-2H2,(H,8,9)(H2,6,7,10). The number of aliphatic carboxylic acids is 1. The monoisotopic (exact) mass is 144 g/mol. The highest BCUT2D eigenvalue weighted by Crippen LogP contribution is 1.96. The van der Waals surface area contributed by atoms with Crippen LogP contribution in [0.4, 0.5) is 4.79 Å². The van der Waals surface area contributed by atoms with Crippen LogP contribution in [-0.2, 0) is 4.79 Å². The van der Waals surface area contributed by atoms with Gasteiger partial charge in [-0.1, -0.05) is 0 Å². The molecule has 5 nitrogen and oxygen atoms in total. The molecular weight excluding hydrogens is 136 g/mol. The van der Waals surface area contributed by atoms with Gasteiger partial charge in [-0.25, -0.2) is 4.79 Å². The summed E-state index contributed by atoms with van der Waals surface area (Å²) in [7, 11) is 0. The summed E-state index contributed by atoms with van der Waals surface area (Å²) < 4.78 is 0. The molecule has 0 unspecified atom stereocenters. The Morgan fingerprint density at radius 1 is 1.50 bits per heavy atom. The Labute approximate surface area is 57.4 Å². The van der Waals surface area contributed by atoms with Crippen molar-refractivity contribution in [2.24, 2.45) is 5.92 Å². The second-order valence-electron chi connectivity index (χ2n) is 2.13. The Balaban J connectivity index is 2.40. The second-order valence-corrected chi connectivity index (χ2v) is 2.13. The first-order valence-electron chi connectivity index (χ1n) is 2.94. The molecule has 0 aromatic carbocycles. The summed E-state index contributed by atoms with van der Waals surface area (Å²) in [6.07, 6.45) is 0. The third-order valence-electron chi connectivity index (χ3n) is 1.37. The first-order valence-corrected chi connectivity index (χ1v) is 2.94. The van der Waals surface area contributed by atoms with Crippen LogP contribution in [0.1, 0.15) is 0 Å². The minimum Gasteiger partial charge on any atom is -0.481 e. The fourth-order valence-corrected chi connectivity index (χ4v) is 0.741. The third kappa shape index (κ3) is 1.37. The maximum absolute atomic E-state index is 10.4. The van der Waals surface area contributed by atoms with Gasteiger partial charge < -0.3 is 15.7 Å². The van der Waals surface area contributed by atoms with Gasteiger partial charge in [0.05, 0.1) is 5.92 Å². The quantitative estimate of drug-likeness (QED) is 0.441. The number of rotatable bonds is 1. The van der Waals surface area contributed by atoms with Gasteiger partial charge in [0, 0.05) is 13.1 Å². The van der Waals surface area contributed by atoms with Crippen molar-refractivity contribution < 1.29 is 14.7 Å². The molecule has 56 valence electrons. The van der Waals surface area contributed by atoms with Crippen LogP contribution in [0.3, 0.4) is 0 Å². The molecule has 0 saturated carbocycles. The Morgan fingerprint density at radius 2 is 2.00 bits per heavy atom. The third-order valence-corrected chi connectivity index (χ3v) is 1.37.